The molecule has 2 fully saturated rings. The predicted octanol–water partition coefficient (Wildman–Crippen LogP) is 1.94. The Morgan fingerprint density at radius 1 is 1.31 bits per heavy atom. The molecule has 2 unspecified atom stereocenters. The second-order valence-corrected chi connectivity index (χ2v) is 4.77. The largest absolute Gasteiger partial charge is 0.375 e. The fourth-order valence-corrected chi connectivity index (χ4v) is 2.63. The molecule has 1 saturated heterocycles. The second kappa shape index (κ2) is 3.58. The zero-order chi connectivity index (χ0) is 9.31. The predicted molar refractivity (Wildman–Crippen MR) is 53.8 cm³/mol. The van der Waals surface area contributed by atoms with Crippen LogP contribution in [0.1, 0.15) is 39.0 Å². The minimum Gasteiger partial charge on any atom is -0.375 e. The van der Waals surface area contributed by atoms with E-state index in [0.717, 1.165) is 12.5 Å². The van der Waals surface area contributed by atoms with E-state index in [0.29, 0.717) is 6.04 Å². The van der Waals surface area contributed by atoms with E-state index in [4.69, 9.17) is 4.74 Å². The first-order valence-corrected chi connectivity index (χ1v) is 5.56. The van der Waals surface area contributed by atoms with Crippen LogP contribution in [0.4, 0.5) is 0 Å². The molecular formula is C11H21NO. The van der Waals surface area contributed by atoms with Gasteiger partial charge in [0, 0.05) is 12.6 Å². The molecule has 2 rings (SSSR count). The van der Waals surface area contributed by atoms with Gasteiger partial charge in [-0.1, -0.05) is 6.42 Å². The van der Waals surface area contributed by atoms with E-state index in [1.54, 1.807) is 0 Å². The number of hydrogen-bond acceptors (Lipinski definition) is 2. The van der Waals surface area contributed by atoms with Gasteiger partial charge in [0.15, 0.2) is 0 Å². The molecule has 0 bridgehead atoms. The smallest absolute Gasteiger partial charge is 0.0697 e. The highest BCUT2D eigenvalue weighted by molar-refractivity contribution is 4.94. The third-order valence-corrected chi connectivity index (χ3v) is 3.93. The minimum absolute atomic E-state index is 0.185. The molecule has 1 saturated carbocycles. The van der Waals surface area contributed by atoms with Gasteiger partial charge in [-0.05, 0) is 45.6 Å². The number of nitrogens with one attached hydrogen (secondary N) is 1. The first kappa shape index (κ1) is 9.47. The van der Waals surface area contributed by atoms with Gasteiger partial charge in [0.2, 0.25) is 0 Å². The third-order valence-electron chi connectivity index (χ3n) is 3.93. The van der Waals surface area contributed by atoms with Gasteiger partial charge in [0.05, 0.1) is 5.60 Å². The molecule has 2 nitrogen and oxygen atoms in total. The van der Waals surface area contributed by atoms with E-state index in [9.17, 15) is 0 Å². The molecule has 0 aromatic heterocycles. The summed E-state index contributed by atoms with van der Waals surface area (Å²) in [4.78, 5) is 0. The molecule has 1 aliphatic heterocycles. The van der Waals surface area contributed by atoms with Crippen molar-refractivity contribution in [2.75, 3.05) is 13.7 Å². The second-order valence-electron chi connectivity index (χ2n) is 4.77. The zero-order valence-corrected chi connectivity index (χ0v) is 8.81. The summed E-state index contributed by atoms with van der Waals surface area (Å²) in [6.07, 6.45) is 6.56. The maximum absolute atomic E-state index is 5.96. The lowest BCUT2D eigenvalue weighted by Crippen LogP contribution is -2.50. The Labute approximate surface area is 81.0 Å². The molecule has 0 aromatic rings. The van der Waals surface area contributed by atoms with Crippen molar-refractivity contribution in [2.24, 2.45) is 5.92 Å². The van der Waals surface area contributed by atoms with Crippen molar-refractivity contribution < 1.29 is 4.74 Å². The lowest BCUT2D eigenvalue weighted by molar-refractivity contribution is -0.130. The van der Waals surface area contributed by atoms with Crippen LogP contribution in [0.15, 0.2) is 0 Å². The van der Waals surface area contributed by atoms with Gasteiger partial charge < -0.3 is 10.1 Å². The topological polar surface area (TPSA) is 21.3 Å². The normalized spacial score (nSPS) is 41.5. The van der Waals surface area contributed by atoms with Gasteiger partial charge in [-0.2, -0.15) is 0 Å². The monoisotopic (exact) mass is 183 g/mol. The Morgan fingerprint density at radius 2 is 2.08 bits per heavy atom. The summed E-state index contributed by atoms with van der Waals surface area (Å²) in [5.74, 6) is 0.837. The van der Waals surface area contributed by atoms with Crippen molar-refractivity contribution in [3.8, 4) is 0 Å². The van der Waals surface area contributed by atoms with E-state index in [1.165, 1.54) is 32.1 Å². The molecule has 1 aliphatic carbocycles. The summed E-state index contributed by atoms with van der Waals surface area (Å²) in [6, 6.07) is 0.680. The average molecular weight is 183 g/mol. The highest BCUT2D eigenvalue weighted by Gasteiger charge is 2.42. The number of ether oxygens (including phenoxy) is 1. The summed E-state index contributed by atoms with van der Waals surface area (Å²) in [5.41, 5.74) is 0.185. The third kappa shape index (κ3) is 1.75. The molecule has 1 heterocycles. The van der Waals surface area contributed by atoms with E-state index >= 15 is 0 Å². The number of rotatable bonds is 2. The lowest BCUT2D eigenvalue weighted by atomic mass is 9.70. The van der Waals surface area contributed by atoms with Crippen LogP contribution in [-0.4, -0.2) is 25.3 Å². The van der Waals surface area contributed by atoms with Crippen molar-refractivity contribution in [3.05, 3.63) is 0 Å². The summed E-state index contributed by atoms with van der Waals surface area (Å²) in [7, 11) is 2.07. The maximum Gasteiger partial charge on any atom is 0.0697 e. The van der Waals surface area contributed by atoms with Gasteiger partial charge >= 0.3 is 0 Å². The molecule has 76 valence electrons. The van der Waals surface area contributed by atoms with E-state index in [1.807, 2.05) is 0 Å². The van der Waals surface area contributed by atoms with E-state index in [-0.39, 0.29) is 5.60 Å². The summed E-state index contributed by atoms with van der Waals surface area (Å²) in [6.45, 7) is 3.25. The molecule has 0 aromatic carbocycles. The highest BCUT2D eigenvalue weighted by atomic mass is 16.5. The Kier molecular flexibility index (Phi) is 2.61. The van der Waals surface area contributed by atoms with E-state index in [2.05, 4.69) is 19.3 Å². The van der Waals surface area contributed by atoms with Crippen LogP contribution in [-0.2, 0) is 4.74 Å². The molecule has 0 spiro atoms. The van der Waals surface area contributed by atoms with Crippen LogP contribution < -0.4 is 5.32 Å². The van der Waals surface area contributed by atoms with Gasteiger partial charge in [-0.15, -0.1) is 0 Å². The summed E-state index contributed by atoms with van der Waals surface area (Å²) < 4.78 is 5.96. The summed E-state index contributed by atoms with van der Waals surface area (Å²) in [5, 5.41) is 3.38. The first-order valence-electron chi connectivity index (χ1n) is 5.56. The van der Waals surface area contributed by atoms with Gasteiger partial charge in [0.25, 0.3) is 0 Å². The van der Waals surface area contributed by atoms with Crippen LogP contribution in [0.5, 0.6) is 0 Å². The fourth-order valence-electron chi connectivity index (χ4n) is 2.63. The van der Waals surface area contributed by atoms with Crippen LogP contribution in [0, 0.1) is 5.92 Å². The van der Waals surface area contributed by atoms with Crippen molar-refractivity contribution in [1.29, 1.82) is 0 Å². The zero-order valence-electron chi connectivity index (χ0n) is 8.81. The molecule has 2 aliphatic rings. The molecule has 13 heavy (non-hydrogen) atoms. The van der Waals surface area contributed by atoms with Crippen LogP contribution in [0.3, 0.4) is 0 Å². The highest BCUT2D eigenvalue weighted by Crippen LogP contribution is 2.42. The SMILES string of the molecule is CNC1CCOC(C)(C2CCC2)C1. The fraction of sp³-hybridized carbons (Fsp3) is 1.00. The minimum atomic E-state index is 0.185. The number of hydrogen-bond donors (Lipinski definition) is 1. The maximum atomic E-state index is 5.96. The van der Waals surface area contributed by atoms with Crippen molar-refractivity contribution in [2.45, 2.75) is 50.7 Å². The first-order chi connectivity index (χ1) is 6.24. The van der Waals surface area contributed by atoms with Crippen molar-refractivity contribution in [3.63, 3.8) is 0 Å². The van der Waals surface area contributed by atoms with Crippen molar-refractivity contribution in [1.82, 2.24) is 5.32 Å². The van der Waals surface area contributed by atoms with Crippen molar-refractivity contribution >= 4 is 0 Å². The van der Waals surface area contributed by atoms with Crippen LogP contribution in [0.25, 0.3) is 0 Å². The Balaban J connectivity index is 1.95. The van der Waals surface area contributed by atoms with Gasteiger partial charge in [0.1, 0.15) is 0 Å². The Bertz CT molecular complexity index is 179. The molecular weight excluding hydrogens is 162 g/mol. The van der Waals surface area contributed by atoms with Gasteiger partial charge in [-0.25, -0.2) is 0 Å². The molecule has 0 amide bonds. The molecule has 2 atom stereocenters. The summed E-state index contributed by atoms with van der Waals surface area (Å²) >= 11 is 0. The molecule has 1 N–H and O–H groups in total. The lowest BCUT2D eigenvalue weighted by Gasteiger charge is -2.47. The Hall–Kier alpha value is -0.0800. The Morgan fingerprint density at radius 3 is 2.62 bits per heavy atom. The van der Waals surface area contributed by atoms with Crippen LogP contribution in [0.2, 0.25) is 0 Å². The molecule has 2 heteroatoms. The van der Waals surface area contributed by atoms with Crippen LogP contribution >= 0.6 is 0 Å². The molecule has 0 radical (unpaired) electrons. The van der Waals surface area contributed by atoms with Gasteiger partial charge in [-0.3, -0.25) is 0 Å². The quantitative estimate of drug-likeness (QED) is 0.706. The average Bonchev–Trinajstić information content (AvgIpc) is 2.00. The van der Waals surface area contributed by atoms with E-state index < -0.39 is 0 Å². The standard InChI is InChI=1S/C11H21NO/c1-11(9-4-3-5-9)8-10(12-2)6-7-13-11/h9-10,12H,3-8H2,1-2H3.